The molecule has 2 heterocycles. The van der Waals surface area contributed by atoms with Crippen molar-refractivity contribution in [1.82, 2.24) is 14.9 Å². The highest BCUT2D eigenvalue weighted by Gasteiger charge is 2.22. The molecule has 1 aromatic heterocycles. The fourth-order valence-electron chi connectivity index (χ4n) is 1.63. The number of carboxylic acids is 1. The molecule has 0 bridgehead atoms. The molecular weight excluding hydrogens is 206 g/mol. The third kappa shape index (κ3) is 1.60. The smallest absolute Gasteiger partial charge is 0.354 e. The van der Waals surface area contributed by atoms with Gasteiger partial charge < -0.3 is 15.0 Å². The van der Waals surface area contributed by atoms with Crippen molar-refractivity contribution in [3.05, 3.63) is 17.7 Å². The Morgan fingerprint density at radius 3 is 3.14 bits per heavy atom. The number of hydrogen-bond acceptors (Lipinski definition) is 3. The van der Waals surface area contributed by atoms with E-state index >= 15 is 0 Å². The van der Waals surface area contributed by atoms with Crippen molar-refractivity contribution in [2.24, 2.45) is 0 Å². The van der Waals surface area contributed by atoms with Crippen LogP contribution in [0.1, 0.15) is 29.3 Å². The first-order valence-electron chi connectivity index (χ1n) is 4.22. The number of aromatic carboxylic acids is 1. The van der Waals surface area contributed by atoms with Gasteiger partial charge in [-0.05, 0) is 6.92 Å². The van der Waals surface area contributed by atoms with Crippen LogP contribution in [0.4, 0.5) is 0 Å². The van der Waals surface area contributed by atoms with E-state index in [4.69, 9.17) is 5.11 Å². The van der Waals surface area contributed by atoms with E-state index in [0.29, 0.717) is 6.54 Å². The number of fused-ring (bicyclic) bond motifs is 1. The summed E-state index contributed by atoms with van der Waals surface area (Å²) in [6.45, 7) is 3.45. The summed E-state index contributed by atoms with van der Waals surface area (Å²) < 4.78 is 1.75. The van der Waals surface area contributed by atoms with E-state index in [9.17, 15) is 4.79 Å². The monoisotopic (exact) mass is 217 g/mol. The van der Waals surface area contributed by atoms with Crippen molar-refractivity contribution < 1.29 is 9.90 Å². The zero-order chi connectivity index (χ0) is 9.42. The van der Waals surface area contributed by atoms with Crippen molar-refractivity contribution in [2.45, 2.75) is 19.5 Å². The minimum Gasteiger partial charge on any atom is -0.477 e. The van der Waals surface area contributed by atoms with Gasteiger partial charge in [0, 0.05) is 13.1 Å². The largest absolute Gasteiger partial charge is 0.477 e. The second-order valence-electron chi connectivity index (χ2n) is 3.13. The molecule has 1 unspecified atom stereocenters. The molecule has 0 saturated carbocycles. The molecule has 2 rings (SSSR count). The Balaban J connectivity index is 0.000000980. The lowest BCUT2D eigenvalue weighted by atomic mass is 10.2. The summed E-state index contributed by atoms with van der Waals surface area (Å²) in [5, 5.41) is 12.0. The lowest BCUT2D eigenvalue weighted by Crippen LogP contribution is -2.33. The van der Waals surface area contributed by atoms with Gasteiger partial charge in [-0.2, -0.15) is 0 Å². The summed E-state index contributed by atoms with van der Waals surface area (Å²) >= 11 is 0. The molecular formula is C8H12ClN3O2. The van der Waals surface area contributed by atoms with Gasteiger partial charge >= 0.3 is 5.97 Å². The van der Waals surface area contributed by atoms with Gasteiger partial charge in [0.1, 0.15) is 11.5 Å². The number of nitrogens with zero attached hydrogens (tertiary/aromatic N) is 2. The van der Waals surface area contributed by atoms with Crippen LogP contribution < -0.4 is 5.32 Å². The van der Waals surface area contributed by atoms with Crippen LogP contribution >= 0.6 is 12.4 Å². The summed E-state index contributed by atoms with van der Waals surface area (Å²) in [6, 6.07) is 0.141. The predicted octanol–water partition coefficient (Wildman–Crippen LogP) is 0.667. The van der Waals surface area contributed by atoms with Gasteiger partial charge in [0.2, 0.25) is 0 Å². The second kappa shape index (κ2) is 3.98. The summed E-state index contributed by atoms with van der Waals surface area (Å²) in [7, 11) is 0. The van der Waals surface area contributed by atoms with Gasteiger partial charge in [-0.15, -0.1) is 12.4 Å². The molecule has 6 heteroatoms. The number of aromatic nitrogens is 2. The molecule has 78 valence electrons. The molecule has 1 aliphatic heterocycles. The molecule has 0 aromatic carbocycles. The number of hydrogen-bond donors (Lipinski definition) is 2. The van der Waals surface area contributed by atoms with Crippen LogP contribution in [0, 0.1) is 0 Å². The Labute approximate surface area is 87.5 Å². The van der Waals surface area contributed by atoms with Crippen molar-refractivity contribution in [2.75, 3.05) is 6.54 Å². The van der Waals surface area contributed by atoms with Crippen LogP contribution in [0.3, 0.4) is 0 Å². The predicted molar refractivity (Wildman–Crippen MR) is 52.9 cm³/mol. The molecule has 0 radical (unpaired) electrons. The van der Waals surface area contributed by atoms with Gasteiger partial charge in [-0.1, -0.05) is 0 Å². The fourth-order valence-corrected chi connectivity index (χ4v) is 1.63. The van der Waals surface area contributed by atoms with E-state index in [-0.39, 0.29) is 24.1 Å². The summed E-state index contributed by atoms with van der Waals surface area (Å²) in [6.07, 6.45) is 1.42. The van der Waals surface area contributed by atoms with Crippen LogP contribution in [0.2, 0.25) is 0 Å². The first kappa shape index (κ1) is 11.0. The zero-order valence-electron chi connectivity index (χ0n) is 7.73. The summed E-state index contributed by atoms with van der Waals surface area (Å²) in [4.78, 5) is 14.8. The van der Waals surface area contributed by atoms with Gasteiger partial charge in [0.15, 0.2) is 0 Å². The topological polar surface area (TPSA) is 67.2 Å². The maximum absolute atomic E-state index is 10.8. The maximum Gasteiger partial charge on any atom is 0.354 e. The van der Waals surface area contributed by atoms with Crippen molar-refractivity contribution in [1.29, 1.82) is 0 Å². The minimum absolute atomic E-state index is 0. The second-order valence-corrected chi connectivity index (χ2v) is 3.13. The maximum atomic E-state index is 10.8. The SMILES string of the molecule is CC1NCCn2c(C(=O)O)cnc21.Cl. The first-order valence-corrected chi connectivity index (χ1v) is 4.22. The normalized spacial score (nSPS) is 19.6. The molecule has 14 heavy (non-hydrogen) atoms. The van der Waals surface area contributed by atoms with E-state index in [2.05, 4.69) is 10.3 Å². The summed E-state index contributed by atoms with van der Waals surface area (Å²) in [5.74, 6) is -0.100. The van der Waals surface area contributed by atoms with Crippen LogP contribution in [-0.4, -0.2) is 27.2 Å². The Hall–Kier alpha value is -1.07. The Morgan fingerprint density at radius 1 is 1.79 bits per heavy atom. The molecule has 1 atom stereocenters. The van der Waals surface area contributed by atoms with E-state index in [1.54, 1.807) is 4.57 Å². The van der Waals surface area contributed by atoms with Crippen molar-refractivity contribution >= 4 is 18.4 Å². The molecule has 5 nitrogen and oxygen atoms in total. The average molecular weight is 218 g/mol. The van der Waals surface area contributed by atoms with E-state index < -0.39 is 5.97 Å². The molecule has 1 aliphatic rings. The molecule has 0 fully saturated rings. The van der Waals surface area contributed by atoms with Crippen LogP contribution in [0.15, 0.2) is 6.20 Å². The van der Waals surface area contributed by atoms with Crippen LogP contribution in [0.5, 0.6) is 0 Å². The van der Waals surface area contributed by atoms with Crippen LogP contribution in [0.25, 0.3) is 0 Å². The Bertz CT molecular complexity index is 350. The first-order chi connectivity index (χ1) is 6.20. The Morgan fingerprint density at radius 2 is 2.50 bits per heavy atom. The molecule has 0 amide bonds. The van der Waals surface area contributed by atoms with Gasteiger partial charge in [-0.25, -0.2) is 9.78 Å². The van der Waals surface area contributed by atoms with E-state index in [0.717, 1.165) is 12.4 Å². The van der Waals surface area contributed by atoms with E-state index in [1.165, 1.54) is 6.20 Å². The van der Waals surface area contributed by atoms with Crippen LogP contribution in [-0.2, 0) is 6.54 Å². The fraction of sp³-hybridized carbons (Fsp3) is 0.500. The quantitative estimate of drug-likeness (QED) is 0.726. The minimum atomic E-state index is -0.909. The number of carbonyl (C=O) groups is 1. The zero-order valence-corrected chi connectivity index (χ0v) is 8.54. The third-order valence-corrected chi connectivity index (χ3v) is 2.28. The number of halogens is 1. The highest BCUT2D eigenvalue weighted by Crippen LogP contribution is 2.16. The molecule has 0 saturated heterocycles. The third-order valence-electron chi connectivity index (χ3n) is 2.28. The summed E-state index contributed by atoms with van der Waals surface area (Å²) in [5.41, 5.74) is 0.281. The number of imidazole rings is 1. The molecule has 0 spiro atoms. The molecule has 2 N–H and O–H groups in total. The van der Waals surface area contributed by atoms with E-state index in [1.807, 2.05) is 6.92 Å². The van der Waals surface area contributed by atoms with Crippen molar-refractivity contribution in [3.8, 4) is 0 Å². The highest BCUT2D eigenvalue weighted by atomic mass is 35.5. The Kier molecular flexibility index (Phi) is 3.13. The average Bonchev–Trinajstić information content (AvgIpc) is 2.48. The number of nitrogens with one attached hydrogen (secondary N) is 1. The molecule has 0 aliphatic carbocycles. The van der Waals surface area contributed by atoms with Gasteiger partial charge in [-0.3, -0.25) is 0 Å². The molecule has 1 aromatic rings. The lowest BCUT2D eigenvalue weighted by molar-refractivity contribution is 0.0683. The number of carboxylic acid groups (broad SMARTS) is 1. The standard InChI is InChI=1S/C8H11N3O2.ClH/c1-5-7-10-4-6(8(12)13)11(7)3-2-9-5;/h4-5,9H,2-3H2,1H3,(H,12,13);1H. The van der Waals surface area contributed by atoms with Crippen molar-refractivity contribution in [3.63, 3.8) is 0 Å². The van der Waals surface area contributed by atoms with Gasteiger partial charge in [0.25, 0.3) is 0 Å². The number of rotatable bonds is 1. The van der Waals surface area contributed by atoms with Gasteiger partial charge in [0.05, 0.1) is 12.2 Å². The lowest BCUT2D eigenvalue weighted by Gasteiger charge is -2.22. The highest BCUT2D eigenvalue weighted by molar-refractivity contribution is 5.85.